The molecule has 6 nitrogen and oxygen atoms in total. The number of hydrogen-bond donors (Lipinski definition) is 2. The van der Waals surface area contributed by atoms with E-state index in [1.807, 2.05) is 56.3 Å². The summed E-state index contributed by atoms with van der Waals surface area (Å²) in [6.07, 6.45) is 0.855. The molecule has 1 unspecified atom stereocenters. The van der Waals surface area contributed by atoms with Crippen molar-refractivity contribution in [1.82, 2.24) is 14.9 Å². The monoisotopic (exact) mass is 408 g/mol. The molecule has 1 aliphatic heterocycles. The van der Waals surface area contributed by atoms with Gasteiger partial charge in [0.2, 0.25) is 11.8 Å². The summed E-state index contributed by atoms with van der Waals surface area (Å²) in [5, 5.41) is 2.96. The smallest absolute Gasteiger partial charge is 0.248 e. The molecule has 1 fully saturated rings. The van der Waals surface area contributed by atoms with E-state index < -0.39 is 6.04 Å². The first-order valence-corrected chi connectivity index (χ1v) is 10.9. The van der Waals surface area contributed by atoms with E-state index in [0.29, 0.717) is 24.5 Å². The van der Waals surface area contributed by atoms with Gasteiger partial charge in [0.15, 0.2) is 0 Å². The Bertz CT molecular complexity index is 1030. The minimum atomic E-state index is -0.440. The molecule has 2 heterocycles. The molecule has 3 aromatic rings. The normalized spacial score (nSPS) is 16.3. The first-order valence-electron chi connectivity index (χ1n) is 9.70. The first kappa shape index (κ1) is 19.5. The lowest BCUT2D eigenvalue weighted by Crippen LogP contribution is -2.44. The zero-order valence-corrected chi connectivity index (χ0v) is 17.4. The number of aryl methyl sites for hydroxylation is 3. The first-order chi connectivity index (χ1) is 14.0. The number of fused-ring (bicyclic) bond motifs is 1. The van der Waals surface area contributed by atoms with Gasteiger partial charge in [0.25, 0.3) is 0 Å². The third-order valence-corrected chi connectivity index (χ3v) is 6.31. The van der Waals surface area contributed by atoms with Gasteiger partial charge in [0.05, 0.1) is 16.9 Å². The lowest BCUT2D eigenvalue weighted by molar-refractivity contribution is -0.136. The molecule has 1 saturated heterocycles. The second kappa shape index (κ2) is 8.29. The van der Waals surface area contributed by atoms with Gasteiger partial charge in [-0.1, -0.05) is 18.2 Å². The van der Waals surface area contributed by atoms with Crippen LogP contribution in [0.1, 0.15) is 23.4 Å². The number of rotatable bonds is 5. The van der Waals surface area contributed by atoms with E-state index in [1.54, 1.807) is 16.7 Å². The number of H-pyrrole nitrogens is 1. The standard InChI is InChI=1S/C22H24N4O2S/c1-14-7-8-16(11-15(14)2)23-22(28)19-12-29-13-26(19)21(27)10-9-20-24-17-5-3-4-6-18(17)25-20/h3-8,11,19H,9-10,12-13H2,1-2H3,(H,23,28)(H,24,25). The van der Waals surface area contributed by atoms with E-state index in [2.05, 4.69) is 15.3 Å². The van der Waals surface area contributed by atoms with Crippen LogP contribution in [0.2, 0.25) is 0 Å². The van der Waals surface area contributed by atoms with E-state index in [9.17, 15) is 9.59 Å². The Morgan fingerprint density at radius 2 is 2.03 bits per heavy atom. The summed E-state index contributed by atoms with van der Waals surface area (Å²) in [6, 6.07) is 13.2. The summed E-state index contributed by atoms with van der Waals surface area (Å²) < 4.78 is 0. The van der Waals surface area contributed by atoms with Crippen LogP contribution in [0.3, 0.4) is 0 Å². The largest absolute Gasteiger partial charge is 0.342 e. The van der Waals surface area contributed by atoms with Crippen LogP contribution in [0.25, 0.3) is 11.0 Å². The third kappa shape index (κ3) is 4.29. The van der Waals surface area contributed by atoms with Crippen LogP contribution in [-0.4, -0.2) is 44.4 Å². The average Bonchev–Trinajstić information content (AvgIpc) is 3.35. The Morgan fingerprint density at radius 1 is 1.21 bits per heavy atom. The number of anilines is 1. The number of nitrogens with one attached hydrogen (secondary N) is 2. The zero-order valence-electron chi connectivity index (χ0n) is 16.6. The summed E-state index contributed by atoms with van der Waals surface area (Å²) in [6.45, 7) is 4.06. The molecule has 29 heavy (non-hydrogen) atoms. The van der Waals surface area contributed by atoms with Gasteiger partial charge >= 0.3 is 0 Å². The molecule has 0 radical (unpaired) electrons. The molecule has 4 rings (SSSR count). The number of amides is 2. The van der Waals surface area contributed by atoms with Crippen LogP contribution in [0, 0.1) is 13.8 Å². The predicted molar refractivity (Wildman–Crippen MR) is 117 cm³/mol. The number of carbonyl (C=O) groups excluding carboxylic acids is 2. The van der Waals surface area contributed by atoms with E-state index in [-0.39, 0.29) is 11.8 Å². The summed E-state index contributed by atoms with van der Waals surface area (Å²) in [4.78, 5) is 35.0. The molecule has 7 heteroatoms. The molecule has 0 saturated carbocycles. The molecule has 2 amide bonds. The number of para-hydroxylation sites is 2. The SMILES string of the molecule is Cc1ccc(NC(=O)C2CSCN2C(=O)CCc2nc3ccccc3[nH]2)cc1C. The second-order valence-corrected chi connectivity index (χ2v) is 8.37. The lowest BCUT2D eigenvalue weighted by atomic mass is 10.1. The van der Waals surface area contributed by atoms with E-state index in [0.717, 1.165) is 28.1 Å². The number of carbonyl (C=O) groups is 2. The molecule has 150 valence electrons. The molecular formula is C22H24N4O2S. The summed E-state index contributed by atoms with van der Waals surface area (Å²) in [7, 11) is 0. The Labute approximate surface area is 174 Å². The number of aromatic amines is 1. The summed E-state index contributed by atoms with van der Waals surface area (Å²) >= 11 is 1.61. The van der Waals surface area contributed by atoms with Crippen molar-refractivity contribution in [2.24, 2.45) is 0 Å². The molecule has 1 aromatic heterocycles. The van der Waals surface area contributed by atoms with Crippen molar-refractivity contribution in [3.05, 3.63) is 59.4 Å². The average molecular weight is 409 g/mol. The van der Waals surface area contributed by atoms with Gasteiger partial charge in [-0.15, -0.1) is 11.8 Å². The Hall–Kier alpha value is -2.80. The van der Waals surface area contributed by atoms with E-state index in [1.165, 1.54) is 5.56 Å². The summed E-state index contributed by atoms with van der Waals surface area (Å²) in [5.74, 6) is 1.81. The highest BCUT2D eigenvalue weighted by molar-refractivity contribution is 7.99. The number of imidazole rings is 1. The van der Waals surface area contributed by atoms with Crippen molar-refractivity contribution in [2.45, 2.75) is 32.7 Å². The Morgan fingerprint density at radius 3 is 2.83 bits per heavy atom. The van der Waals surface area contributed by atoms with Gasteiger partial charge in [-0.2, -0.15) is 0 Å². The van der Waals surface area contributed by atoms with Crippen molar-refractivity contribution < 1.29 is 9.59 Å². The third-order valence-electron chi connectivity index (χ3n) is 5.29. The maximum atomic E-state index is 12.8. The number of aromatic nitrogens is 2. The molecular weight excluding hydrogens is 384 g/mol. The van der Waals surface area contributed by atoms with Crippen LogP contribution >= 0.6 is 11.8 Å². The molecule has 1 atom stereocenters. The van der Waals surface area contributed by atoms with Crippen LogP contribution in [0.15, 0.2) is 42.5 Å². The highest BCUT2D eigenvalue weighted by Crippen LogP contribution is 2.24. The Kier molecular flexibility index (Phi) is 5.58. The van der Waals surface area contributed by atoms with Crippen LogP contribution < -0.4 is 5.32 Å². The fourth-order valence-electron chi connectivity index (χ4n) is 3.44. The van der Waals surface area contributed by atoms with Crippen LogP contribution in [0.5, 0.6) is 0 Å². The molecule has 0 bridgehead atoms. The van der Waals surface area contributed by atoms with Gasteiger partial charge in [0, 0.05) is 24.3 Å². The molecule has 1 aliphatic rings. The molecule has 0 spiro atoms. The maximum absolute atomic E-state index is 12.8. The second-order valence-electron chi connectivity index (χ2n) is 7.37. The molecule has 2 N–H and O–H groups in total. The van der Waals surface area contributed by atoms with E-state index >= 15 is 0 Å². The van der Waals surface area contributed by atoms with Crippen LogP contribution in [-0.2, 0) is 16.0 Å². The van der Waals surface area contributed by atoms with Crippen molar-refractivity contribution in [3.63, 3.8) is 0 Å². The quantitative estimate of drug-likeness (QED) is 0.675. The van der Waals surface area contributed by atoms with Crippen molar-refractivity contribution >= 4 is 40.3 Å². The van der Waals surface area contributed by atoms with Gasteiger partial charge in [-0.3, -0.25) is 9.59 Å². The lowest BCUT2D eigenvalue weighted by Gasteiger charge is -2.23. The fraction of sp³-hybridized carbons (Fsp3) is 0.318. The minimum absolute atomic E-state index is 0.0179. The van der Waals surface area contributed by atoms with Crippen LogP contribution in [0.4, 0.5) is 5.69 Å². The summed E-state index contributed by atoms with van der Waals surface area (Å²) in [5.41, 5.74) is 4.95. The number of nitrogens with zero attached hydrogens (tertiary/aromatic N) is 2. The number of thioether (sulfide) groups is 1. The van der Waals surface area contributed by atoms with E-state index in [4.69, 9.17) is 0 Å². The number of benzene rings is 2. The van der Waals surface area contributed by atoms with Crippen molar-refractivity contribution in [2.75, 3.05) is 16.9 Å². The topological polar surface area (TPSA) is 78.1 Å². The number of hydrogen-bond acceptors (Lipinski definition) is 4. The molecule has 0 aliphatic carbocycles. The van der Waals surface area contributed by atoms with Gasteiger partial charge in [-0.05, 0) is 49.2 Å². The van der Waals surface area contributed by atoms with Gasteiger partial charge in [-0.25, -0.2) is 4.98 Å². The highest BCUT2D eigenvalue weighted by Gasteiger charge is 2.34. The predicted octanol–water partition coefficient (Wildman–Crippen LogP) is 3.65. The van der Waals surface area contributed by atoms with Crippen molar-refractivity contribution in [3.8, 4) is 0 Å². The highest BCUT2D eigenvalue weighted by atomic mass is 32.2. The van der Waals surface area contributed by atoms with Crippen molar-refractivity contribution in [1.29, 1.82) is 0 Å². The fourth-order valence-corrected chi connectivity index (χ4v) is 4.62. The maximum Gasteiger partial charge on any atom is 0.248 e. The Balaban J connectivity index is 1.38. The van der Waals surface area contributed by atoms with Gasteiger partial charge < -0.3 is 15.2 Å². The zero-order chi connectivity index (χ0) is 20.4. The molecule has 2 aromatic carbocycles. The minimum Gasteiger partial charge on any atom is -0.342 e. The van der Waals surface area contributed by atoms with Gasteiger partial charge in [0.1, 0.15) is 11.9 Å².